The van der Waals surface area contributed by atoms with E-state index >= 15 is 0 Å². The van der Waals surface area contributed by atoms with Gasteiger partial charge in [-0.3, -0.25) is 0 Å². The Hall–Kier alpha value is -0.370. The van der Waals surface area contributed by atoms with Gasteiger partial charge in [0, 0.05) is 5.33 Å². The number of benzene rings is 1. The summed E-state index contributed by atoms with van der Waals surface area (Å²) in [5.74, 6) is -0.148. The highest BCUT2D eigenvalue weighted by molar-refractivity contribution is 9.08. The SMILES string of the molecule is Cc1cc(F)cc(C)c1CBr. The molecule has 0 fully saturated rings. The van der Waals surface area contributed by atoms with E-state index in [0.717, 1.165) is 16.5 Å². The van der Waals surface area contributed by atoms with E-state index in [1.807, 2.05) is 13.8 Å². The first kappa shape index (κ1) is 8.72. The Morgan fingerprint density at radius 1 is 1.27 bits per heavy atom. The van der Waals surface area contributed by atoms with Gasteiger partial charge in [0.2, 0.25) is 0 Å². The van der Waals surface area contributed by atoms with Crippen molar-refractivity contribution < 1.29 is 4.39 Å². The van der Waals surface area contributed by atoms with Gasteiger partial charge >= 0.3 is 0 Å². The molecule has 0 saturated carbocycles. The monoisotopic (exact) mass is 216 g/mol. The summed E-state index contributed by atoms with van der Waals surface area (Å²) >= 11 is 3.36. The van der Waals surface area contributed by atoms with Gasteiger partial charge < -0.3 is 0 Å². The summed E-state index contributed by atoms with van der Waals surface area (Å²) in [5.41, 5.74) is 3.21. The van der Waals surface area contributed by atoms with Crippen molar-refractivity contribution in [3.8, 4) is 0 Å². The standard InChI is InChI=1S/C9H10BrF/c1-6-3-8(11)4-7(2)9(6)5-10/h3-4H,5H2,1-2H3. The van der Waals surface area contributed by atoms with Gasteiger partial charge in [-0.05, 0) is 42.7 Å². The molecule has 0 spiro atoms. The molecule has 0 aliphatic rings. The molecule has 1 aromatic carbocycles. The normalized spacial score (nSPS) is 10.2. The lowest BCUT2D eigenvalue weighted by Crippen LogP contribution is -1.91. The molecule has 60 valence electrons. The van der Waals surface area contributed by atoms with Crippen molar-refractivity contribution in [1.29, 1.82) is 0 Å². The molecule has 2 heteroatoms. The van der Waals surface area contributed by atoms with E-state index in [-0.39, 0.29) is 5.82 Å². The van der Waals surface area contributed by atoms with E-state index in [2.05, 4.69) is 15.9 Å². The van der Waals surface area contributed by atoms with E-state index in [1.54, 1.807) is 12.1 Å². The highest BCUT2D eigenvalue weighted by Crippen LogP contribution is 2.18. The summed E-state index contributed by atoms with van der Waals surface area (Å²) < 4.78 is 12.7. The molecule has 11 heavy (non-hydrogen) atoms. The average Bonchev–Trinajstić information content (AvgIpc) is 1.85. The lowest BCUT2D eigenvalue weighted by Gasteiger charge is -2.05. The molecule has 1 aromatic rings. The van der Waals surface area contributed by atoms with E-state index < -0.39 is 0 Å². The van der Waals surface area contributed by atoms with Crippen molar-refractivity contribution in [2.75, 3.05) is 0 Å². The highest BCUT2D eigenvalue weighted by Gasteiger charge is 2.02. The predicted molar refractivity (Wildman–Crippen MR) is 48.5 cm³/mol. The van der Waals surface area contributed by atoms with Crippen LogP contribution in [0.4, 0.5) is 4.39 Å². The van der Waals surface area contributed by atoms with E-state index in [9.17, 15) is 4.39 Å². The molecule has 0 saturated heterocycles. The summed E-state index contributed by atoms with van der Waals surface area (Å²) in [4.78, 5) is 0. The maximum absolute atomic E-state index is 12.7. The van der Waals surface area contributed by atoms with Gasteiger partial charge in [0.25, 0.3) is 0 Å². The fourth-order valence-corrected chi connectivity index (χ4v) is 2.04. The molecule has 0 unspecified atom stereocenters. The number of aryl methyl sites for hydroxylation is 2. The lowest BCUT2D eigenvalue weighted by atomic mass is 10.0. The van der Waals surface area contributed by atoms with Crippen molar-refractivity contribution in [2.24, 2.45) is 0 Å². The van der Waals surface area contributed by atoms with Crippen molar-refractivity contribution in [3.63, 3.8) is 0 Å². The molecule has 0 nitrogen and oxygen atoms in total. The van der Waals surface area contributed by atoms with Crippen LogP contribution >= 0.6 is 15.9 Å². The maximum Gasteiger partial charge on any atom is 0.123 e. The quantitative estimate of drug-likeness (QED) is 0.633. The highest BCUT2D eigenvalue weighted by atomic mass is 79.9. The lowest BCUT2D eigenvalue weighted by molar-refractivity contribution is 0.624. The second kappa shape index (κ2) is 3.35. The van der Waals surface area contributed by atoms with Crippen LogP contribution in [0.2, 0.25) is 0 Å². The minimum atomic E-state index is -0.148. The molecule has 1 rings (SSSR count). The summed E-state index contributed by atoms with van der Waals surface area (Å²) in [5, 5.41) is 0.797. The Bertz CT molecular complexity index is 245. The fraction of sp³-hybridized carbons (Fsp3) is 0.333. The minimum absolute atomic E-state index is 0.148. The van der Waals surface area contributed by atoms with Crippen molar-refractivity contribution in [3.05, 3.63) is 34.6 Å². The topological polar surface area (TPSA) is 0 Å². The molecule has 0 aromatic heterocycles. The van der Waals surface area contributed by atoms with Gasteiger partial charge in [-0.25, -0.2) is 4.39 Å². The molecule has 0 radical (unpaired) electrons. The van der Waals surface area contributed by atoms with Gasteiger partial charge in [0.1, 0.15) is 5.82 Å². The summed E-state index contributed by atoms with van der Waals surface area (Å²) in [7, 11) is 0. The molecule has 0 aliphatic carbocycles. The van der Waals surface area contributed by atoms with Gasteiger partial charge in [-0.15, -0.1) is 0 Å². The first-order valence-electron chi connectivity index (χ1n) is 3.46. The van der Waals surface area contributed by atoms with Crippen LogP contribution in [0, 0.1) is 19.7 Å². The van der Waals surface area contributed by atoms with Crippen molar-refractivity contribution in [2.45, 2.75) is 19.2 Å². The Morgan fingerprint density at radius 3 is 2.09 bits per heavy atom. The second-order valence-electron chi connectivity index (χ2n) is 2.65. The molecular formula is C9H10BrF. The van der Waals surface area contributed by atoms with Crippen LogP contribution in [0.3, 0.4) is 0 Å². The molecular weight excluding hydrogens is 207 g/mol. The molecule has 0 bridgehead atoms. The van der Waals surface area contributed by atoms with Gasteiger partial charge in [0.15, 0.2) is 0 Å². The van der Waals surface area contributed by atoms with Crippen LogP contribution in [0.1, 0.15) is 16.7 Å². The van der Waals surface area contributed by atoms with Crippen molar-refractivity contribution >= 4 is 15.9 Å². The van der Waals surface area contributed by atoms with Crippen LogP contribution < -0.4 is 0 Å². The second-order valence-corrected chi connectivity index (χ2v) is 3.21. The third-order valence-corrected chi connectivity index (χ3v) is 2.36. The summed E-state index contributed by atoms with van der Waals surface area (Å²) in [6, 6.07) is 3.12. The Labute approximate surface area is 74.6 Å². The molecule has 0 aliphatic heterocycles. The van der Waals surface area contributed by atoms with Gasteiger partial charge in [-0.1, -0.05) is 15.9 Å². The smallest absolute Gasteiger partial charge is 0.123 e. The Balaban J connectivity index is 3.25. The van der Waals surface area contributed by atoms with Crippen LogP contribution in [0.15, 0.2) is 12.1 Å². The van der Waals surface area contributed by atoms with Gasteiger partial charge in [0.05, 0.1) is 0 Å². The van der Waals surface area contributed by atoms with Crippen LogP contribution in [0.25, 0.3) is 0 Å². The maximum atomic E-state index is 12.7. The number of hydrogen-bond donors (Lipinski definition) is 0. The third-order valence-electron chi connectivity index (χ3n) is 1.79. The zero-order valence-corrected chi connectivity index (χ0v) is 8.20. The van der Waals surface area contributed by atoms with Crippen LogP contribution in [0.5, 0.6) is 0 Å². The number of halogens is 2. The third kappa shape index (κ3) is 1.80. The van der Waals surface area contributed by atoms with E-state index in [1.165, 1.54) is 5.56 Å². The van der Waals surface area contributed by atoms with Crippen molar-refractivity contribution in [1.82, 2.24) is 0 Å². The number of alkyl halides is 1. The zero-order chi connectivity index (χ0) is 8.43. The van der Waals surface area contributed by atoms with Crippen LogP contribution in [-0.2, 0) is 5.33 Å². The van der Waals surface area contributed by atoms with Gasteiger partial charge in [-0.2, -0.15) is 0 Å². The fourth-order valence-electron chi connectivity index (χ4n) is 1.15. The number of rotatable bonds is 1. The Kier molecular flexibility index (Phi) is 2.66. The van der Waals surface area contributed by atoms with E-state index in [4.69, 9.17) is 0 Å². The summed E-state index contributed by atoms with van der Waals surface area (Å²) in [6.45, 7) is 3.85. The average molecular weight is 217 g/mol. The van der Waals surface area contributed by atoms with Crippen LogP contribution in [-0.4, -0.2) is 0 Å². The number of hydrogen-bond acceptors (Lipinski definition) is 0. The first-order valence-corrected chi connectivity index (χ1v) is 4.59. The molecule has 0 heterocycles. The molecule has 0 atom stereocenters. The Morgan fingerprint density at radius 2 is 1.73 bits per heavy atom. The largest absolute Gasteiger partial charge is 0.207 e. The summed E-state index contributed by atoms with van der Waals surface area (Å²) in [6.07, 6.45) is 0. The van der Waals surface area contributed by atoms with E-state index in [0.29, 0.717) is 0 Å². The first-order chi connectivity index (χ1) is 5.15. The minimum Gasteiger partial charge on any atom is -0.207 e. The molecule has 0 amide bonds. The molecule has 0 N–H and O–H groups in total. The zero-order valence-electron chi connectivity index (χ0n) is 6.62. The predicted octanol–water partition coefficient (Wildman–Crippen LogP) is 3.34.